The standard InChI is InChI=1S/C17H23N3O/c1-18-17(15-5-4-6-16(11-15)21-3)13-20(2)12-14-7-9-19-10-8-14/h4-11,17-18H,12-13H2,1-3H3. The topological polar surface area (TPSA) is 37.4 Å². The van der Waals surface area contributed by atoms with Crippen molar-refractivity contribution in [3.05, 3.63) is 59.9 Å². The second-order valence-electron chi connectivity index (χ2n) is 5.17. The number of nitrogens with zero attached hydrogens (tertiary/aromatic N) is 2. The molecule has 0 saturated heterocycles. The minimum atomic E-state index is 0.270. The van der Waals surface area contributed by atoms with Crippen LogP contribution >= 0.6 is 0 Å². The van der Waals surface area contributed by atoms with Crippen LogP contribution in [-0.2, 0) is 6.54 Å². The van der Waals surface area contributed by atoms with Crippen LogP contribution in [0.3, 0.4) is 0 Å². The third-order valence-corrected chi connectivity index (χ3v) is 3.54. The molecule has 0 aliphatic carbocycles. The van der Waals surface area contributed by atoms with Gasteiger partial charge in [-0.3, -0.25) is 4.98 Å². The maximum atomic E-state index is 5.30. The van der Waals surface area contributed by atoms with E-state index in [9.17, 15) is 0 Å². The summed E-state index contributed by atoms with van der Waals surface area (Å²) in [4.78, 5) is 6.35. The van der Waals surface area contributed by atoms with Crippen molar-refractivity contribution in [1.82, 2.24) is 15.2 Å². The summed E-state index contributed by atoms with van der Waals surface area (Å²) in [5.41, 5.74) is 2.51. The Hall–Kier alpha value is -1.91. The van der Waals surface area contributed by atoms with Gasteiger partial charge < -0.3 is 15.0 Å². The van der Waals surface area contributed by atoms with Gasteiger partial charge in [-0.05, 0) is 49.5 Å². The van der Waals surface area contributed by atoms with Crippen LogP contribution in [0.2, 0.25) is 0 Å². The monoisotopic (exact) mass is 285 g/mol. The van der Waals surface area contributed by atoms with E-state index in [4.69, 9.17) is 4.74 Å². The third-order valence-electron chi connectivity index (χ3n) is 3.54. The molecule has 1 unspecified atom stereocenters. The predicted molar refractivity (Wildman–Crippen MR) is 85.4 cm³/mol. The number of aromatic nitrogens is 1. The number of methoxy groups -OCH3 is 1. The van der Waals surface area contributed by atoms with Crippen molar-refractivity contribution in [3.8, 4) is 5.75 Å². The molecule has 0 radical (unpaired) electrons. The fourth-order valence-electron chi connectivity index (χ4n) is 2.40. The fraction of sp³-hybridized carbons (Fsp3) is 0.353. The Bertz CT molecular complexity index is 545. The zero-order chi connectivity index (χ0) is 15.1. The Morgan fingerprint density at radius 3 is 2.67 bits per heavy atom. The SMILES string of the molecule is CNC(CN(C)Cc1ccncc1)c1cccc(OC)c1. The number of hydrogen-bond acceptors (Lipinski definition) is 4. The molecule has 0 fully saturated rings. The van der Waals surface area contributed by atoms with E-state index in [1.165, 1.54) is 11.1 Å². The Labute approximate surface area is 126 Å². The Morgan fingerprint density at radius 1 is 1.24 bits per heavy atom. The molecule has 2 rings (SSSR count). The highest BCUT2D eigenvalue weighted by molar-refractivity contribution is 5.30. The third kappa shape index (κ3) is 4.55. The van der Waals surface area contributed by atoms with E-state index in [0.717, 1.165) is 18.8 Å². The molecule has 0 saturated carbocycles. The molecule has 0 amide bonds. The van der Waals surface area contributed by atoms with E-state index in [1.54, 1.807) is 7.11 Å². The molecule has 1 aromatic heterocycles. The van der Waals surface area contributed by atoms with E-state index in [-0.39, 0.29) is 6.04 Å². The lowest BCUT2D eigenvalue weighted by atomic mass is 10.1. The summed E-state index contributed by atoms with van der Waals surface area (Å²) in [6, 6.07) is 12.6. The number of likely N-dealkylation sites (N-methyl/N-ethyl adjacent to an activating group) is 2. The Morgan fingerprint density at radius 2 is 2.00 bits per heavy atom. The normalized spacial score (nSPS) is 12.4. The van der Waals surface area contributed by atoms with Crippen LogP contribution < -0.4 is 10.1 Å². The second-order valence-corrected chi connectivity index (χ2v) is 5.17. The first-order chi connectivity index (χ1) is 10.2. The summed E-state index contributed by atoms with van der Waals surface area (Å²) in [7, 11) is 5.82. The smallest absolute Gasteiger partial charge is 0.119 e. The van der Waals surface area contributed by atoms with Gasteiger partial charge in [-0.25, -0.2) is 0 Å². The van der Waals surface area contributed by atoms with Gasteiger partial charge in [0.2, 0.25) is 0 Å². The Balaban J connectivity index is 2.01. The molecule has 4 heteroatoms. The molecule has 112 valence electrons. The van der Waals surface area contributed by atoms with Gasteiger partial charge in [-0.2, -0.15) is 0 Å². The van der Waals surface area contributed by atoms with Gasteiger partial charge >= 0.3 is 0 Å². The molecule has 0 spiro atoms. The summed E-state index contributed by atoms with van der Waals surface area (Å²) in [6.45, 7) is 1.83. The maximum absolute atomic E-state index is 5.30. The molecule has 0 aliphatic rings. The lowest BCUT2D eigenvalue weighted by Gasteiger charge is -2.24. The number of hydrogen-bond donors (Lipinski definition) is 1. The minimum absolute atomic E-state index is 0.270. The van der Waals surface area contributed by atoms with E-state index >= 15 is 0 Å². The highest BCUT2D eigenvalue weighted by atomic mass is 16.5. The highest BCUT2D eigenvalue weighted by Gasteiger charge is 2.13. The molecule has 0 bridgehead atoms. The molecule has 21 heavy (non-hydrogen) atoms. The first-order valence-electron chi connectivity index (χ1n) is 7.11. The lowest BCUT2D eigenvalue weighted by Crippen LogP contribution is -2.31. The van der Waals surface area contributed by atoms with Gasteiger partial charge in [-0.15, -0.1) is 0 Å². The van der Waals surface area contributed by atoms with Crippen molar-refractivity contribution >= 4 is 0 Å². The summed E-state index contributed by atoms with van der Waals surface area (Å²) in [5.74, 6) is 0.893. The van der Waals surface area contributed by atoms with Crippen LogP contribution in [0.4, 0.5) is 0 Å². The molecule has 1 N–H and O–H groups in total. The summed E-state index contributed by atoms with van der Waals surface area (Å²) < 4.78 is 5.30. The molecule has 1 heterocycles. The minimum Gasteiger partial charge on any atom is -0.497 e. The van der Waals surface area contributed by atoms with E-state index in [0.29, 0.717) is 0 Å². The van der Waals surface area contributed by atoms with Crippen LogP contribution in [0.5, 0.6) is 5.75 Å². The van der Waals surface area contributed by atoms with Crippen LogP contribution in [0.1, 0.15) is 17.2 Å². The van der Waals surface area contributed by atoms with Crippen LogP contribution in [0.15, 0.2) is 48.8 Å². The number of ether oxygens (including phenoxy) is 1. The second kappa shape index (κ2) is 7.76. The molecule has 1 aromatic carbocycles. The van der Waals surface area contributed by atoms with Crippen LogP contribution in [-0.4, -0.2) is 37.6 Å². The van der Waals surface area contributed by atoms with Crippen molar-refractivity contribution in [2.24, 2.45) is 0 Å². The zero-order valence-corrected chi connectivity index (χ0v) is 12.9. The molecule has 2 aromatic rings. The van der Waals surface area contributed by atoms with Gasteiger partial charge in [0, 0.05) is 31.5 Å². The van der Waals surface area contributed by atoms with Crippen molar-refractivity contribution in [1.29, 1.82) is 0 Å². The number of nitrogens with one attached hydrogen (secondary N) is 1. The van der Waals surface area contributed by atoms with E-state index in [2.05, 4.69) is 46.5 Å². The van der Waals surface area contributed by atoms with E-state index in [1.807, 2.05) is 31.6 Å². The number of rotatable bonds is 7. The lowest BCUT2D eigenvalue weighted by molar-refractivity contribution is 0.289. The first kappa shape index (κ1) is 15.5. The average molecular weight is 285 g/mol. The zero-order valence-electron chi connectivity index (χ0n) is 12.9. The first-order valence-corrected chi connectivity index (χ1v) is 7.11. The van der Waals surface area contributed by atoms with Crippen molar-refractivity contribution in [2.45, 2.75) is 12.6 Å². The highest BCUT2D eigenvalue weighted by Crippen LogP contribution is 2.20. The Kier molecular flexibility index (Phi) is 5.72. The molecule has 1 atom stereocenters. The average Bonchev–Trinajstić information content (AvgIpc) is 2.53. The number of benzene rings is 1. The predicted octanol–water partition coefficient (Wildman–Crippen LogP) is 2.48. The molecule has 0 aliphatic heterocycles. The largest absolute Gasteiger partial charge is 0.497 e. The van der Waals surface area contributed by atoms with Gasteiger partial charge in [0.1, 0.15) is 5.75 Å². The van der Waals surface area contributed by atoms with Crippen LogP contribution in [0, 0.1) is 0 Å². The summed E-state index contributed by atoms with van der Waals surface area (Å²) in [6.07, 6.45) is 3.67. The van der Waals surface area contributed by atoms with E-state index < -0.39 is 0 Å². The van der Waals surface area contributed by atoms with Crippen molar-refractivity contribution < 1.29 is 4.74 Å². The summed E-state index contributed by atoms with van der Waals surface area (Å²) >= 11 is 0. The number of pyridine rings is 1. The summed E-state index contributed by atoms with van der Waals surface area (Å²) in [5, 5.41) is 3.38. The quantitative estimate of drug-likeness (QED) is 0.848. The van der Waals surface area contributed by atoms with Crippen molar-refractivity contribution in [3.63, 3.8) is 0 Å². The van der Waals surface area contributed by atoms with Gasteiger partial charge in [0.25, 0.3) is 0 Å². The molecular formula is C17H23N3O. The van der Waals surface area contributed by atoms with Crippen LogP contribution in [0.25, 0.3) is 0 Å². The van der Waals surface area contributed by atoms with Crippen molar-refractivity contribution in [2.75, 3.05) is 27.7 Å². The fourth-order valence-corrected chi connectivity index (χ4v) is 2.40. The molecular weight excluding hydrogens is 262 g/mol. The maximum Gasteiger partial charge on any atom is 0.119 e. The van der Waals surface area contributed by atoms with Gasteiger partial charge in [0.05, 0.1) is 7.11 Å². The van der Waals surface area contributed by atoms with Gasteiger partial charge in [-0.1, -0.05) is 12.1 Å². The van der Waals surface area contributed by atoms with Gasteiger partial charge in [0.15, 0.2) is 0 Å². The molecule has 4 nitrogen and oxygen atoms in total.